The first kappa shape index (κ1) is 10.1. The molecule has 86 valence electrons. The van der Waals surface area contributed by atoms with Crippen LogP contribution in [-0.4, -0.2) is 21.4 Å². The van der Waals surface area contributed by atoms with Crippen molar-refractivity contribution in [2.24, 2.45) is 0 Å². The van der Waals surface area contributed by atoms with E-state index in [2.05, 4.69) is 28.4 Å². The molecule has 0 unspecified atom stereocenters. The second-order valence-corrected chi connectivity index (χ2v) is 3.89. The molecule has 0 saturated heterocycles. The van der Waals surface area contributed by atoms with Gasteiger partial charge in [-0.1, -0.05) is 29.4 Å². The van der Waals surface area contributed by atoms with Gasteiger partial charge in [-0.25, -0.2) is 0 Å². The highest BCUT2D eigenvalue weighted by Crippen LogP contribution is 2.22. The number of ether oxygens (including phenoxy) is 1. The van der Waals surface area contributed by atoms with Crippen LogP contribution in [0, 0.1) is 0 Å². The molecule has 0 fully saturated rings. The maximum atomic E-state index is 5.44. The summed E-state index contributed by atoms with van der Waals surface area (Å²) in [6.07, 6.45) is 4.81. The monoisotopic (exact) mass is 227 g/mol. The van der Waals surface area contributed by atoms with E-state index in [0.717, 1.165) is 12.2 Å². The van der Waals surface area contributed by atoms with Gasteiger partial charge < -0.3 is 4.74 Å². The molecular weight excluding hydrogens is 214 g/mol. The highest BCUT2D eigenvalue weighted by Gasteiger charge is 2.15. The fraction of sp³-hybridized carbons (Fsp3) is 0.231. The van der Waals surface area contributed by atoms with Gasteiger partial charge in [0.25, 0.3) is 0 Å². The Bertz CT molecular complexity index is 572. The van der Waals surface area contributed by atoms with Crippen LogP contribution < -0.4 is 4.74 Å². The summed E-state index contributed by atoms with van der Waals surface area (Å²) in [5, 5.41) is 8.21. The summed E-state index contributed by atoms with van der Waals surface area (Å²) in [4.78, 5) is 0. The number of hydrogen-bond donors (Lipinski definition) is 0. The summed E-state index contributed by atoms with van der Waals surface area (Å²) in [5.74, 6) is 0.912. The van der Waals surface area contributed by atoms with Crippen LogP contribution >= 0.6 is 0 Å². The number of rotatable bonds is 2. The van der Waals surface area contributed by atoms with E-state index in [4.69, 9.17) is 4.74 Å². The Morgan fingerprint density at radius 3 is 3.06 bits per heavy atom. The molecule has 3 rings (SSSR count). The highest BCUT2D eigenvalue weighted by molar-refractivity contribution is 5.66. The molecule has 1 aliphatic rings. The van der Waals surface area contributed by atoms with Crippen molar-refractivity contribution >= 4 is 12.3 Å². The fourth-order valence-corrected chi connectivity index (χ4v) is 1.99. The summed E-state index contributed by atoms with van der Waals surface area (Å²) in [6.45, 7) is 2.54. The van der Waals surface area contributed by atoms with Gasteiger partial charge in [0.1, 0.15) is 5.82 Å². The van der Waals surface area contributed by atoms with Crippen LogP contribution in [0.15, 0.2) is 24.3 Å². The van der Waals surface area contributed by atoms with Gasteiger partial charge in [-0.15, -0.1) is 5.10 Å². The van der Waals surface area contributed by atoms with Gasteiger partial charge in [0.05, 0.1) is 6.61 Å². The van der Waals surface area contributed by atoms with E-state index in [-0.39, 0.29) is 0 Å². The molecule has 17 heavy (non-hydrogen) atoms. The molecule has 2 aromatic rings. The quantitative estimate of drug-likeness (QED) is 0.674. The SMILES string of the molecule is CCOc1nnc2n1C=Cc1ccccc1C2. The molecule has 0 saturated carbocycles. The lowest BCUT2D eigenvalue weighted by atomic mass is 10.1. The van der Waals surface area contributed by atoms with Crippen molar-refractivity contribution in [1.82, 2.24) is 14.8 Å². The molecule has 4 heteroatoms. The molecule has 0 aliphatic carbocycles. The number of nitrogens with zero attached hydrogens (tertiary/aromatic N) is 3. The third kappa shape index (κ3) is 1.71. The van der Waals surface area contributed by atoms with Gasteiger partial charge >= 0.3 is 6.01 Å². The Kier molecular flexibility index (Phi) is 2.40. The van der Waals surface area contributed by atoms with E-state index in [1.54, 1.807) is 0 Å². The second-order valence-electron chi connectivity index (χ2n) is 3.89. The third-order valence-electron chi connectivity index (χ3n) is 2.82. The number of hydrogen-bond acceptors (Lipinski definition) is 3. The first-order valence-electron chi connectivity index (χ1n) is 5.71. The van der Waals surface area contributed by atoms with Crippen molar-refractivity contribution < 1.29 is 4.74 Å². The normalized spacial score (nSPS) is 12.8. The molecule has 0 atom stereocenters. The van der Waals surface area contributed by atoms with Crippen molar-refractivity contribution in [2.45, 2.75) is 13.3 Å². The second kappa shape index (κ2) is 4.05. The van der Waals surface area contributed by atoms with Gasteiger partial charge in [-0.05, 0) is 24.1 Å². The average Bonchev–Trinajstić information content (AvgIpc) is 2.62. The van der Waals surface area contributed by atoms with Crippen LogP contribution in [0.5, 0.6) is 6.01 Å². The van der Waals surface area contributed by atoms with Gasteiger partial charge in [0.2, 0.25) is 0 Å². The zero-order valence-electron chi connectivity index (χ0n) is 9.63. The summed E-state index contributed by atoms with van der Waals surface area (Å²) in [5.41, 5.74) is 2.48. The van der Waals surface area contributed by atoms with Gasteiger partial charge in [-0.2, -0.15) is 0 Å². The largest absolute Gasteiger partial charge is 0.464 e. The molecule has 0 spiro atoms. The summed E-state index contributed by atoms with van der Waals surface area (Å²) in [6, 6.07) is 8.86. The van der Waals surface area contributed by atoms with Gasteiger partial charge in [-0.3, -0.25) is 4.57 Å². The molecule has 1 aromatic carbocycles. The van der Waals surface area contributed by atoms with E-state index in [9.17, 15) is 0 Å². The Morgan fingerprint density at radius 2 is 2.18 bits per heavy atom. The lowest BCUT2D eigenvalue weighted by molar-refractivity contribution is 0.307. The van der Waals surface area contributed by atoms with E-state index in [1.807, 2.05) is 29.8 Å². The molecule has 1 aliphatic heterocycles. The Morgan fingerprint density at radius 1 is 1.29 bits per heavy atom. The molecule has 1 aromatic heterocycles. The van der Waals surface area contributed by atoms with Crippen molar-refractivity contribution in [3.63, 3.8) is 0 Å². The molecular formula is C13H13N3O. The predicted molar refractivity (Wildman–Crippen MR) is 65.7 cm³/mol. The van der Waals surface area contributed by atoms with Crippen LogP contribution in [-0.2, 0) is 6.42 Å². The summed E-state index contributed by atoms with van der Waals surface area (Å²) in [7, 11) is 0. The summed E-state index contributed by atoms with van der Waals surface area (Å²) >= 11 is 0. The minimum Gasteiger partial charge on any atom is -0.464 e. The topological polar surface area (TPSA) is 39.9 Å². The molecule has 0 amide bonds. The predicted octanol–water partition coefficient (Wildman–Crippen LogP) is 2.21. The maximum Gasteiger partial charge on any atom is 0.321 e. The summed E-state index contributed by atoms with van der Waals surface area (Å²) < 4.78 is 7.34. The standard InChI is InChI=1S/C13H13N3O/c1-2-17-13-15-14-12-9-11-6-4-3-5-10(11)7-8-16(12)13/h3-8H,2,9H2,1H3. The number of fused-ring (bicyclic) bond motifs is 2. The molecule has 0 bridgehead atoms. The van der Waals surface area contributed by atoms with Crippen molar-refractivity contribution in [3.8, 4) is 6.01 Å². The maximum absolute atomic E-state index is 5.44. The van der Waals surface area contributed by atoms with Gasteiger partial charge in [0.15, 0.2) is 0 Å². The minimum absolute atomic E-state index is 0.562. The molecule has 4 nitrogen and oxygen atoms in total. The first-order chi connectivity index (χ1) is 8.38. The highest BCUT2D eigenvalue weighted by atomic mass is 16.5. The lowest BCUT2D eigenvalue weighted by Crippen LogP contribution is -2.01. The molecule has 0 N–H and O–H groups in total. The van der Waals surface area contributed by atoms with Crippen LogP contribution in [0.3, 0.4) is 0 Å². The van der Waals surface area contributed by atoms with E-state index in [0.29, 0.717) is 12.6 Å². The zero-order chi connectivity index (χ0) is 11.7. The first-order valence-corrected chi connectivity index (χ1v) is 5.71. The van der Waals surface area contributed by atoms with Gasteiger partial charge in [0, 0.05) is 12.6 Å². The Hall–Kier alpha value is -2.10. The fourth-order valence-electron chi connectivity index (χ4n) is 1.99. The average molecular weight is 227 g/mol. The van der Waals surface area contributed by atoms with Crippen molar-refractivity contribution in [3.05, 3.63) is 41.2 Å². The van der Waals surface area contributed by atoms with Crippen molar-refractivity contribution in [2.75, 3.05) is 6.61 Å². The van der Waals surface area contributed by atoms with Crippen molar-refractivity contribution in [1.29, 1.82) is 0 Å². The number of aromatic nitrogens is 3. The minimum atomic E-state index is 0.562. The Balaban J connectivity index is 2.07. The van der Waals surface area contributed by atoms with Crippen LogP contribution in [0.1, 0.15) is 23.9 Å². The molecule has 0 radical (unpaired) electrons. The van der Waals surface area contributed by atoms with E-state index in [1.165, 1.54) is 11.1 Å². The van der Waals surface area contributed by atoms with E-state index < -0.39 is 0 Å². The Labute approximate surface area is 99.6 Å². The number of benzene rings is 1. The third-order valence-corrected chi connectivity index (χ3v) is 2.82. The van der Waals surface area contributed by atoms with Crippen LogP contribution in [0.4, 0.5) is 0 Å². The molecule has 2 heterocycles. The van der Waals surface area contributed by atoms with Crippen LogP contribution in [0.2, 0.25) is 0 Å². The lowest BCUT2D eigenvalue weighted by Gasteiger charge is -2.02. The smallest absolute Gasteiger partial charge is 0.321 e. The van der Waals surface area contributed by atoms with E-state index >= 15 is 0 Å². The van der Waals surface area contributed by atoms with Crippen LogP contribution in [0.25, 0.3) is 12.3 Å². The zero-order valence-corrected chi connectivity index (χ0v) is 9.63.